The number of rotatable bonds is 0. The first-order valence-electron chi connectivity index (χ1n) is 4.21. The summed E-state index contributed by atoms with van der Waals surface area (Å²) in [5.74, 6) is -0.284. The van der Waals surface area contributed by atoms with E-state index in [1.54, 1.807) is 24.5 Å². The molecule has 1 aliphatic heterocycles. The van der Waals surface area contributed by atoms with Crippen molar-refractivity contribution >= 4 is 24.5 Å². The maximum absolute atomic E-state index is 11.5. The standard InChI is InChI=1S/C10H6N2O2/c13-9-10(14-6-12-9)3-7-1-2-11-5-8(7)4-10/h1-6H. The maximum Gasteiger partial charge on any atom is 0.300 e. The highest BCUT2D eigenvalue weighted by molar-refractivity contribution is 6.07. The molecule has 0 radical (unpaired) electrons. The average Bonchev–Trinajstić information content (AvgIpc) is 2.71. The minimum atomic E-state index is -0.995. The second-order valence-electron chi connectivity index (χ2n) is 3.24. The number of nitrogens with zero attached hydrogens (tertiary/aromatic N) is 2. The Hall–Kier alpha value is -1.97. The van der Waals surface area contributed by atoms with Crippen LogP contribution in [0.3, 0.4) is 0 Å². The Morgan fingerprint density at radius 1 is 1.29 bits per heavy atom. The fraction of sp³-hybridized carbons (Fsp3) is 0.100. The van der Waals surface area contributed by atoms with Crippen LogP contribution < -0.4 is 10.4 Å². The highest BCUT2D eigenvalue weighted by Gasteiger charge is 2.40. The maximum atomic E-state index is 11.5. The Morgan fingerprint density at radius 3 is 2.86 bits per heavy atom. The number of amides is 1. The third-order valence-electron chi connectivity index (χ3n) is 2.38. The molecule has 1 unspecified atom stereocenters. The molecule has 3 rings (SSSR count). The molecule has 1 amide bonds. The Balaban J connectivity index is 2.28. The van der Waals surface area contributed by atoms with Gasteiger partial charge in [0.25, 0.3) is 0 Å². The molecule has 0 N–H and O–H groups in total. The van der Waals surface area contributed by atoms with Gasteiger partial charge in [0, 0.05) is 17.6 Å². The molecule has 4 nitrogen and oxygen atoms in total. The fourth-order valence-corrected chi connectivity index (χ4v) is 1.68. The highest BCUT2D eigenvalue weighted by Crippen LogP contribution is 2.22. The Kier molecular flexibility index (Phi) is 1.21. The largest absolute Gasteiger partial charge is 0.458 e. The minimum absolute atomic E-state index is 0.284. The summed E-state index contributed by atoms with van der Waals surface area (Å²) in [7, 11) is 0. The van der Waals surface area contributed by atoms with Crippen LogP contribution in [0, 0.1) is 0 Å². The van der Waals surface area contributed by atoms with E-state index in [1.165, 1.54) is 6.40 Å². The second-order valence-corrected chi connectivity index (χ2v) is 3.24. The number of hydrogen-bond acceptors (Lipinski definition) is 3. The lowest BCUT2D eigenvalue weighted by molar-refractivity contribution is -0.122. The fourth-order valence-electron chi connectivity index (χ4n) is 1.68. The first kappa shape index (κ1) is 7.44. The van der Waals surface area contributed by atoms with Gasteiger partial charge < -0.3 is 4.74 Å². The molecule has 0 saturated heterocycles. The molecule has 14 heavy (non-hydrogen) atoms. The van der Waals surface area contributed by atoms with E-state index in [4.69, 9.17) is 4.74 Å². The summed E-state index contributed by atoms with van der Waals surface area (Å²) in [5, 5.41) is 1.87. The number of aromatic nitrogens is 1. The monoisotopic (exact) mass is 186 g/mol. The normalized spacial score (nSPS) is 27.0. The molecule has 1 aromatic rings. The third kappa shape index (κ3) is 0.797. The number of carbonyl (C=O) groups excluding carboxylic acids is 1. The Labute approximate surface area is 79.3 Å². The summed E-state index contributed by atoms with van der Waals surface area (Å²) < 4.78 is 5.22. The van der Waals surface area contributed by atoms with Crippen molar-refractivity contribution in [3.8, 4) is 0 Å². The summed E-state index contributed by atoms with van der Waals surface area (Å²) in [6.07, 6.45) is 8.08. The van der Waals surface area contributed by atoms with E-state index in [0.29, 0.717) is 0 Å². The number of fused-ring (bicyclic) bond motifs is 1. The van der Waals surface area contributed by atoms with Crippen LogP contribution in [0.15, 0.2) is 23.5 Å². The van der Waals surface area contributed by atoms with Gasteiger partial charge in [0.2, 0.25) is 5.60 Å². The van der Waals surface area contributed by atoms with Crippen molar-refractivity contribution in [3.05, 3.63) is 28.9 Å². The zero-order valence-corrected chi connectivity index (χ0v) is 7.18. The van der Waals surface area contributed by atoms with Gasteiger partial charge in [-0.3, -0.25) is 9.78 Å². The van der Waals surface area contributed by atoms with Crippen molar-refractivity contribution in [1.29, 1.82) is 0 Å². The van der Waals surface area contributed by atoms with E-state index in [1.807, 2.05) is 6.07 Å². The van der Waals surface area contributed by atoms with E-state index in [0.717, 1.165) is 10.4 Å². The Bertz CT molecular complexity index is 525. The van der Waals surface area contributed by atoms with Gasteiger partial charge >= 0.3 is 5.91 Å². The predicted molar refractivity (Wildman–Crippen MR) is 49.7 cm³/mol. The van der Waals surface area contributed by atoms with Crippen LogP contribution >= 0.6 is 0 Å². The van der Waals surface area contributed by atoms with Crippen molar-refractivity contribution < 1.29 is 9.53 Å². The molecule has 4 heteroatoms. The van der Waals surface area contributed by atoms with Crippen LogP contribution in [0.25, 0.3) is 12.2 Å². The summed E-state index contributed by atoms with van der Waals surface area (Å²) in [6.45, 7) is 0. The van der Waals surface area contributed by atoms with Crippen LogP contribution in [0.5, 0.6) is 0 Å². The van der Waals surface area contributed by atoms with Crippen molar-refractivity contribution in [2.75, 3.05) is 0 Å². The zero-order chi connectivity index (χ0) is 9.60. The SMILES string of the molecule is O=C1N=COC12C=c1ccncc1=C2. The zero-order valence-electron chi connectivity index (χ0n) is 7.18. The van der Waals surface area contributed by atoms with Gasteiger partial charge in [-0.15, -0.1) is 0 Å². The van der Waals surface area contributed by atoms with Crippen molar-refractivity contribution in [3.63, 3.8) is 0 Å². The van der Waals surface area contributed by atoms with Gasteiger partial charge in [-0.1, -0.05) is 0 Å². The topological polar surface area (TPSA) is 51.5 Å². The van der Waals surface area contributed by atoms with E-state index in [-0.39, 0.29) is 5.91 Å². The lowest BCUT2D eigenvalue weighted by atomic mass is 10.1. The minimum Gasteiger partial charge on any atom is -0.458 e. The summed E-state index contributed by atoms with van der Waals surface area (Å²) in [5.41, 5.74) is -0.995. The molecule has 1 aliphatic carbocycles. The highest BCUT2D eigenvalue weighted by atomic mass is 16.5. The first-order valence-corrected chi connectivity index (χ1v) is 4.21. The lowest BCUT2D eigenvalue weighted by Crippen LogP contribution is -2.29. The van der Waals surface area contributed by atoms with Crippen LogP contribution in [-0.4, -0.2) is 22.9 Å². The molecule has 0 fully saturated rings. The number of pyridine rings is 1. The summed E-state index contributed by atoms with van der Waals surface area (Å²) in [4.78, 5) is 19.0. The smallest absolute Gasteiger partial charge is 0.300 e. The molecule has 1 atom stereocenters. The molecule has 0 saturated carbocycles. The van der Waals surface area contributed by atoms with Gasteiger partial charge in [0.1, 0.15) is 0 Å². The number of hydrogen-bond donors (Lipinski definition) is 0. The molecule has 0 bridgehead atoms. The van der Waals surface area contributed by atoms with Crippen LogP contribution in [-0.2, 0) is 9.53 Å². The molecule has 2 heterocycles. The Morgan fingerprint density at radius 2 is 2.14 bits per heavy atom. The molecular formula is C10H6N2O2. The average molecular weight is 186 g/mol. The van der Waals surface area contributed by atoms with Gasteiger partial charge in [-0.05, 0) is 23.4 Å². The van der Waals surface area contributed by atoms with E-state index >= 15 is 0 Å². The van der Waals surface area contributed by atoms with Crippen molar-refractivity contribution in [2.24, 2.45) is 4.99 Å². The van der Waals surface area contributed by atoms with Crippen molar-refractivity contribution in [2.45, 2.75) is 5.60 Å². The second kappa shape index (κ2) is 2.29. The van der Waals surface area contributed by atoms with Gasteiger partial charge in [-0.2, -0.15) is 4.99 Å². The third-order valence-corrected chi connectivity index (χ3v) is 2.38. The van der Waals surface area contributed by atoms with Gasteiger partial charge in [0.15, 0.2) is 6.40 Å². The van der Waals surface area contributed by atoms with Crippen LogP contribution in [0.1, 0.15) is 0 Å². The molecular weight excluding hydrogens is 180 g/mol. The van der Waals surface area contributed by atoms with Crippen LogP contribution in [0.2, 0.25) is 0 Å². The number of ether oxygens (including phenoxy) is 1. The molecule has 1 aromatic heterocycles. The molecule has 2 aliphatic rings. The quantitative estimate of drug-likeness (QED) is 0.521. The number of carbonyl (C=O) groups is 1. The van der Waals surface area contributed by atoms with E-state index in [2.05, 4.69) is 9.98 Å². The first-order chi connectivity index (χ1) is 6.80. The molecule has 68 valence electrons. The van der Waals surface area contributed by atoms with Gasteiger partial charge in [0.05, 0.1) is 0 Å². The van der Waals surface area contributed by atoms with E-state index < -0.39 is 5.60 Å². The number of aliphatic imine (C=N–C) groups is 1. The lowest BCUT2D eigenvalue weighted by Gasteiger charge is -2.13. The van der Waals surface area contributed by atoms with Crippen molar-refractivity contribution in [1.82, 2.24) is 4.98 Å². The summed E-state index contributed by atoms with van der Waals surface area (Å²) in [6, 6.07) is 1.84. The van der Waals surface area contributed by atoms with Crippen LogP contribution in [0.4, 0.5) is 0 Å². The van der Waals surface area contributed by atoms with Gasteiger partial charge in [-0.25, -0.2) is 0 Å². The molecule has 0 aromatic carbocycles. The van der Waals surface area contributed by atoms with E-state index in [9.17, 15) is 4.79 Å². The molecule has 1 spiro atoms. The summed E-state index contributed by atoms with van der Waals surface area (Å²) >= 11 is 0. The predicted octanol–water partition coefficient (Wildman–Crippen LogP) is -1.02.